The van der Waals surface area contributed by atoms with E-state index in [1.165, 1.54) is 0 Å². The molecule has 136 valence electrons. The minimum Gasteiger partial charge on any atom is -0.352 e. The van der Waals surface area contributed by atoms with E-state index in [1.807, 2.05) is 35.2 Å². The van der Waals surface area contributed by atoms with Crippen LogP contribution in [0.5, 0.6) is 0 Å². The number of nitrogens with zero attached hydrogens (tertiary/aromatic N) is 5. The highest BCUT2D eigenvalue weighted by Gasteiger charge is 2.23. The molecule has 3 rings (SSSR count). The summed E-state index contributed by atoms with van der Waals surface area (Å²) in [5.41, 5.74) is 0.976. The van der Waals surface area contributed by atoms with Crippen molar-refractivity contribution in [2.24, 2.45) is 0 Å². The smallest absolute Gasteiger partial charge is 0.319 e. The number of hydrogen-bond donors (Lipinski definition) is 1. The average Bonchev–Trinajstić information content (AvgIpc) is 2.68. The average molecular weight is 354 g/mol. The van der Waals surface area contributed by atoms with Gasteiger partial charge < -0.3 is 20.0 Å². The molecule has 1 saturated heterocycles. The molecule has 3 amide bonds. The summed E-state index contributed by atoms with van der Waals surface area (Å²) < 4.78 is 0. The van der Waals surface area contributed by atoms with Gasteiger partial charge in [-0.15, -0.1) is 10.2 Å². The lowest BCUT2D eigenvalue weighted by Gasteiger charge is -2.36. The largest absolute Gasteiger partial charge is 0.352 e. The second-order valence-corrected chi connectivity index (χ2v) is 6.25. The zero-order valence-corrected chi connectivity index (χ0v) is 14.9. The fourth-order valence-electron chi connectivity index (χ4n) is 2.74. The Hall–Kier alpha value is -3.16. The number of aromatic nitrogens is 2. The molecule has 0 radical (unpaired) electrons. The van der Waals surface area contributed by atoms with Crippen molar-refractivity contribution in [1.29, 1.82) is 0 Å². The predicted molar refractivity (Wildman–Crippen MR) is 99.3 cm³/mol. The summed E-state index contributed by atoms with van der Waals surface area (Å²) in [6.45, 7) is 2.64. The van der Waals surface area contributed by atoms with Gasteiger partial charge >= 0.3 is 6.03 Å². The molecule has 0 bridgehead atoms. The van der Waals surface area contributed by atoms with Crippen LogP contribution in [0.4, 0.5) is 16.3 Å². The van der Waals surface area contributed by atoms with Crippen LogP contribution in [0.2, 0.25) is 0 Å². The van der Waals surface area contributed by atoms with E-state index in [0.717, 1.165) is 0 Å². The molecule has 1 aromatic carbocycles. The number of para-hydroxylation sites is 1. The Kier molecular flexibility index (Phi) is 5.31. The van der Waals surface area contributed by atoms with Crippen LogP contribution in [-0.2, 0) is 0 Å². The summed E-state index contributed by atoms with van der Waals surface area (Å²) in [6.07, 6.45) is 0. The van der Waals surface area contributed by atoms with Crippen molar-refractivity contribution in [2.75, 3.05) is 50.5 Å². The molecule has 0 unspecified atom stereocenters. The van der Waals surface area contributed by atoms with Gasteiger partial charge in [0, 0.05) is 46.0 Å². The number of amides is 3. The first-order valence-corrected chi connectivity index (χ1v) is 8.46. The molecule has 0 aliphatic carbocycles. The van der Waals surface area contributed by atoms with Gasteiger partial charge in [-0.3, -0.25) is 4.79 Å². The Labute approximate surface area is 152 Å². The van der Waals surface area contributed by atoms with E-state index in [-0.39, 0.29) is 17.6 Å². The third kappa shape index (κ3) is 4.08. The van der Waals surface area contributed by atoms with Crippen LogP contribution >= 0.6 is 0 Å². The monoisotopic (exact) mass is 354 g/mol. The number of nitrogens with one attached hydrogen (secondary N) is 1. The van der Waals surface area contributed by atoms with Crippen molar-refractivity contribution in [2.45, 2.75) is 0 Å². The molecule has 0 atom stereocenters. The van der Waals surface area contributed by atoms with Crippen molar-refractivity contribution in [1.82, 2.24) is 20.0 Å². The van der Waals surface area contributed by atoms with Crippen LogP contribution in [0.15, 0.2) is 42.5 Å². The van der Waals surface area contributed by atoms with Crippen molar-refractivity contribution >= 4 is 23.4 Å². The Bertz CT molecular complexity index is 755. The third-order valence-corrected chi connectivity index (χ3v) is 4.17. The number of anilines is 2. The molecule has 2 heterocycles. The molecule has 8 nitrogen and oxygen atoms in total. The number of urea groups is 1. The second-order valence-electron chi connectivity index (χ2n) is 6.25. The standard InChI is InChI=1S/C18H22N6O2/c1-22(2)18(26)24-12-10-23(11-13-24)16-9-8-15(20-21-16)17(25)19-14-6-4-3-5-7-14/h3-9H,10-13H2,1-2H3,(H,19,25). The molecule has 8 heteroatoms. The number of carbonyl (C=O) groups excluding carboxylic acids is 2. The summed E-state index contributed by atoms with van der Waals surface area (Å²) in [4.78, 5) is 29.6. The van der Waals surface area contributed by atoms with Crippen LogP contribution in [0, 0.1) is 0 Å². The van der Waals surface area contributed by atoms with E-state index in [0.29, 0.717) is 37.7 Å². The quantitative estimate of drug-likeness (QED) is 0.904. The van der Waals surface area contributed by atoms with Crippen LogP contribution in [-0.4, -0.2) is 72.2 Å². The van der Waals surface area contributed by atoms with Crippen molar-refractivity contribution in [3.8, 4) is 0 Å². The van der Waals surface area contributed by atoms with E-state index >= 15 is 0 Å². The van der Waals surface area contributed by atoms with E-state index < -0.39 is 0 Å². The van der Waals surface area contributed by atoms with Gasteiger partial charge in [-0.05, 0) is 24.3 Å². The highest BCUT2D eigenvalue weighted by atomic mass is 16.2. The van der Waals surface area contributed by atoms with Gasteiger partial charge in [0.1, 0.15) is 0 Å². The van der Waals surface area contributed by atoms with Gasteiger partial charge in [-0.25, -0.2) is 4.79 Å². The summed E-state index contributed by atoms with van der Waals surface area (Å²) >= 11 is 0. The number of benzene rings is 1. The van der Waals surface area contributed by atoms with E-state index in [4.69, 9.17) is 0 Å². The van der Waals surface area contributed by atoms with Gasteiger partial charge in [-0.2, -0.15) is 0 Å². The van der Waals surface area contributed by atoms with Crippen LogP contribution in [0.1, 0.15) is 10.5 Å². The molecular formula is C18H22N6O2. The summed E-state index contributed by atoms with van der Waals surface area (Å²) in [6, 6.07) is 12.7. The SMILES string of the molecule is CN(C)C(=O)N1CCN(c2ccc(C(=O)Nc3ccccc3)nn2)CC1. The normalized spacial score (nSPS) is 14.1. The van der Waals surface area contributed by atoms with Crippen LogP contribution in [0.25, 0.3) is 0 Å². The number of carbonyl (C=O) groups is 2. The third-order valence-electron chi connectivity index (χ3n) is 4.17. The molecule has 26 heavy (non-hydrogen) atoms. The zero-order chi connectivity index (χ0) is 18.5. The molecule has 1 N–H and O–H groups in total. The first kappa shape index (κ1) is 17.7. The van der Waals surface area contributed by atoms with Crippen molar-refractivity contribution in [3.05, 3.63) is 48.2 Å². The summed E-state index contributed by atoms with van der Waals surface area (Å²) in [7, 11) is 3.50. The lowest BCUT2D eigenvalue weighted by Crippen LogP contribution is -2.51. The van der Waals surface area contributed by atoms with Crippen molar-refractivity contribution < 1.29 is 9.59 Å². The highest BCUT2D eigenvalue weighted by Crippen LogP contribution is 2.14. The van der Waals surface area contributed by atoms with Crippen LogP contribution in [0.3, 0.4) is 0 Å². The Morgan fingerprint density at radius 3 is 2.23 bits per heavy atom. The fourth-order valence-corrected chi connectivity index (χ4v) is 2.74. The van der Waals surface area contributed by atoms with Crippen molar-refractivity contribution in [3.63, 3.8) is 0 Å². The first-order valence-electron chi connectivity index (χ1n) is 8.46. The number of hydrogen-bond acceptors (Lipinski definition) is 5. The summed E-state index contributed by atoms with van der Waals surface area (Å²) in [5.74, 6) is 0.412. The second kappa shape index (κ2) is 7.81. The molecule has 1 aliphatic heterocycles. The van der Waals surface area contributed by atoms with Gasteiger partial charge in [0.15, 0.2) is 11.5 Å². The maximum absolute atomic E-state index is 12.2. The highest BCUT2D eigenvalue weighted by molar-refractivity contribution is 6.02. The topological polar surface area (TPSA) is 81.7 Å². The zero-order valence-electron chi connectivity index (χ0n) is 14.9. The first-order chi connectivity index (χ1) is 12.5. The maximum Gasteiger partial charge on any atom is 0.319 e. The van der Waals surface area contributed by atoms with Gasteiger partial charge in [-0.1, -0.05) is 18.2 Å². The minimum atomic E-state index is -0.295. The van der Waals surface area contributed by atoms with E-state index in [1.54, 1.807) is 31.1 Å². The lowest BCUT2D eigenvalue weighted by atomic mass is 10.3. The molecule has 0 saturated carbocycles. The molecular weight excluding hydrogens is 332 g/mol. The molecule has 2 aromatic rings. The van der Waals surface area contributed by atoms with Gasteiger partial charge in [0.05, 0.1) is 0 Å². The number of rotatable bonds is 3. The summed E-state index contributed by atoms with van der Waals surface area (Å²) in [5, 5.41) is 11.0. The van der Waals surface area contributed by atoms with Crippen LogP contribution < -0.4 is 10.2 Å². The predicted octanol–water partition coefficient (Wildman–Crippen LogP) is 1.53. The molecule has 0 spiro atoms. The molecule has 1 aliphatic rings. The molecule has 1 aromatic heterocycles. The van der Waals surface area contributed by atoms with Gasteiger partial charge in [0.25, 0.3) is 5.91 Å². The van der Waals surface area contributed by atoms with Gasteiger partial charge in [0.2, 0.25) is 0 Å². The number of piperazine rings is 1. The maximum atomic E-state index is 12.2. The Morgan fingerprint density at radius 2 is 1.65 bits per heavy atom. The lowest BCUT2D eigenvalue weighted by molar-refractivity contribution is 0.102. The minimum absolute atomic E-state index is 0.0173. The van der Waals surface area contributed by atoms with E-state index in [2.05, 4.69) is 20.4 Å². The molecule has 1 fully saturated rings. The Balaban J connectivity index is 1.58. The Morgan fingerprint density at radius 1 is 0.962 bits per heavy atom. The fraction of sp³-hybridized carbons (Fsp3) is 0.333. The van der Waals surface area contributed by atoms with E-state index in [9.17, 15) is 9.59 Å².